The molecule has 2 aromatic carbocycles. The van der Waals surface area contributed by atoms with Crippen molar-refractivity contribution in [3.05, 3.63) is 86.2 Å². The summed E-state index contributed by atoms with van der Waals surface area (Å²) in [6.45, 7) is 1.99. The van der Waals surface area contributed by atoms with Crippen LogP contribution in [0.4, 0.5) is 5.00 Å². The van der Waals surface area contributed by atoms with Crippen LogP contribution in [0.15, 0.2) is 48.5 Å². The first-order valence-electron chi connectivity index (χ1n) is 8.96. The van der Waals surface area contributed by atoms with Crippen molar-refractivity contribution in [3.8, 4) is 0 Å². The molecule has 1 aliphatic heterocycles. The lowest BCUT2D eigenvalue weighted by Gasteiger charge is -2.14. The first-order valence-corrected chi connectivity index (χ1v) is 11.3. The molecule has 0 unspecified atom stereocenters. The van der Waals surface area contributed by atoms with Crippen molar-refractivity contribution in [1.29, 1.82) is 0 Å². The first kappa shape index (κ1) is 20.0. The number of fused-ring (bicyclic) bond motifs is 1. The number of nitrogens with zero attached hydrogens (tertiary/aromatic N) is 1. The van der Waals surface area contributed by atoms with E-state index in [4.69, 9.17) is 11.6 Å². The average molecular weight is 489 g/mol. The van der Waals surface area contributed by atoms with Crippen LogP contribution in [0.2, 0.25) is 5.02 Å². The number of carbonyl (C=O) groups excluding carboxylic acids is 3. The van der Waals surface area contributed by atoms with Crippen molar-refractivity contribution in [2.75, 3.05) is 4.90 Å². The summed E-state index contributed by atoms with van der Waals surface area (Å²) < 4.78 is 0. The predicted octanol–water partition coefficient (Wildman–Crippen LogP) is 5.89. The molecule has 2 heterocycles. The predicted molar refractivity (Wildman–Crippen MR) is 119 cm³/mol. The maximum absolute atomic E-state index is 13.4. The van der Waals surface area contributed by atoms with E-state index in [-0.39, 0.29) is 5.78 Å². The van der Waals surface area contributed by atoms with Crippen LogP contribution in [-0.2, 0) is 11.8 Å². The number of amides is 2. The molecule has 0 N–H and O–H groups in total. The molecule has 4 rings (SSSR count). The third kappa shape index (κ3) is 3.25. The fraction of sp³-hybridized carbons (Fsp3) is 0.136. The number of halogens is 2. The molecule has 2 amide bonds. The number of aryl methyl sites for hydroxylation is 1. The SMILES string of the molecule is CCc1sc(N2C(=O)c3ccccc3C2=O)c(C(=O)c2ccc(Cl)cc2)c1CBr. The van der Waals surface area contributed by atoms with Crippen LogP contribution in [0.3, 0.4) is 0 Å². The highest BCUT2D eigenvalue weighted by Gasteiger charge is 2.40. The van der Waals surface area contributed by atoms with Gasteiger partial charge in [-0.3, -0.25) is 14.4 Å². The van der Waals surface area contributed by atoms with E-state index in [1.165, 1.54) is 11.3 Å². The third-order valence-corrected chi connectivity index (χ3v) is 7.03. The van der Waals surface area contributed by atoms with E-state index >= 15 is 0 Å². The summed E-state index contributed by atoms with van der Waals surface area (Å²) in [7, 11) is 0. The fourth-order valence-electron chi connectivity index (χ4n) is 3.44. The minimum Gasteiger partial charge on any atom is -0.288 e. The van der Waals surface area contributed by atoms with Gasteiger partial charge in [-0.05, 0) is 48.4 Å². The van der Waals surface area contributed by atoms with Gasteiger partial charge in [-0.25, -0.2) is 4.90 Å². The highest BCUT2D eigenvalue weighted by atomic mass is 79.9. The summed E-state index contributed by atoms with van der Waals surface area (Å²) in [5.41, 5.74) is 2.36. The van der Waals surface area contributed by atoms with Crippen LogP contribution in [-0.4, -0.2) is 17.6 Å². The zero-order chi connectivity index (χ0) is 20.7. The lowest BCUT2D eigenvalue weighted by atomic mass is 10.00. The topological polar surface area (TPSA) is 54.5 Å². The van der Waals surface area contributed by atoms with Crippen molar-refractivity contribution in [2.45, 2.75) is 18.7 Å². The standard InChI is InChI=1S/C22H15BrClNO3S/c1-2-17-16(11-23)18(19(26)12-7-9-13(24)10-8-12)22(29-17)25-20(27)14-5-3-4-6-15(14)21(25)28/h3-10H,2,11H2,1H3. The van der Waals surface area contributed by atoms with E-state index in [1.807, 2.05) is 6.92 Å². The van der Waals surface area contributed by atoms with Crippen molar-refractivity contribution in [3.63, 3.8) is 0 Å². The highest BCUT2D eigenvalue weighted by molar-refractivity contribution is 9.08. The highest BCUT2D eigenvalue weighted by Crippen LogP contribution is 2.42. The fourth-order valence-corrected chi connectivity index (χ4v) is 5.62. The van der Waals surface area contributed by atoms with Gasteiger partial charge in [-0.15, -0.1) is 11.3 Å². The van der Waals surface area contributed by atoms with Crippen LogP contribution in [0.5, 0.6) is 0 Å². The van der Waals surface area contributed by atoms with Crippen LogP contribution in [0, 0.1) is 0 Å². The van der Waals surface area contributed by atoms with E-state index < -0.39 is 11.8 Å². The largest absolute Gasteiger partial charge is 0.288 e. The number of carbonyl (C=O) groups is 3. The second kappa shape index (κ2) is 7.86. The molecule has 1 aliphatic rings. The van der Waals surface area contributed by atoms with Crippen LogP contribution in [0.25, 0.3) is 0 Å². The number of ketones is 1. The number of hydrogen-bond acceptors (Lipinski definition) is 4. The van der Waals surface area contributed by atoms with Gasteiger partial charge in [0.25, 0.3) is 11.8 Å². The maximum atomic E-state index is 13.4. The van der Waals surface area contributed by atoms with E-state index in [0.717, 1.165) is 15.3 Å². The molecule has 0 saturated heterocycles. The number of alkyl halides is 1. The Kier molecular flexibility index (Phi) is 5.42. The van der Waals surface area contributed by atoms with Gasteiger partial charge >= 0.3 is 0 Å². The molecule has 3 aromatic rings. The summed E-state index contributed by atoms with van der Waals surface area (Å²) in [6, 6.07) is 13.3. The van der Waals surface area contributed by atoms with Gasteiger partial charge < -0.3 is 0 Å². The van der Waals surface area contributed by atoms with Gasteiger partial charge in [0.1, 0.15) is 5.00 Å². The van der Waals surface area contributed by atoms with Crippen LogP contribution in [0.1, 0.15) is 54.0 Å². The monoisotopic (exact) mass is 487 g/mol. The number of imide groups is 1. The second-order valence-corrected chi connectivity index (χ2v) is 8.58. The van der Waals surface area contributed by atoms with Gasteiger partial charge in [-0.1, -0.05) is 46.6 Å². The van der Waals surface area contributed by atoms with E-state index in [2.05, 4.69) is 15.9 Å². The summed E-state index contributed by atoms with van der Waals surface area (Å²) in [6.07, 6.45) is 0.690. The summed E-state index contributed by atoms with van der Waals surface area (Å²) in [4.78, 5) is 41.6. The Morgan fingerprint density at radius 1 is 1.03 bits per heavy atom. The molecule has 29 heavy (non-hydrogen) atoms. The van der Waals surface area contributed by atoms with E-state index in [9.17, 15) is 14.4 Å². The lowest BCUT2D eigenvalue weighted by molar-refractivity contribution is 0.0927. The first-order chi connectivity index (χ1) is 14.0. The van der Waals surface area contributed by atoms with E-state index in [0.29, 0.717) is 44.0 Å². The maximum Gasteiger partial charge on any atom is 0.266 e. The molecule has 0 radical (unpaired) electrons. The third-order valence-electron chi connectivity index (χ3n) is 4.86. The van der Waals surface area contributed by atoms with Gasteiger partial charge in [0, 0.05) is 20.8 Å². The lowest BCUT2D eigenvalue weighted by Crippen LogP contribution is -2.30. The van der Waals surface area contributed by atoms with Gasteiger partial charge in [-0.2, -0.15) is 0 Å². The molecule has 0 spiro atoms. The zero-order valence-corrected chi connectivity index (χ0v) is 18.5. The Morgan fingerprint density at radius 2 is 1.62 bits per heavy atom. The smallest absolute Gasteiger partial charge is 0.266 e. The molecular weight excluding hydrogens is 474 g/mol. The van der Waals surface area contributed by atoms with Crippen molar-refractivity contribution < 1.29 is 14.4 Å². The number of anilines is 1. The van der Waals surface area contributed by atoms with Crippen LogP contribution < -0.4 is 4.90 Å². The summed E-state index contributed by atoms with van der Waals surface area (Å²) in [5.74, 6) is -1.04. The molecule has 4 nitrogen and oxygen atoms in total. The molecule has 0 bridgehead atoms. The van der Waals surface area contributed by atoms with Gasteiger partial charge in [0.2, 0.25) is 0 Å². The minimum absolute atomic E-state index is 0.237. The van der Waals surface area contributed by atoms with Crippen molar-refractivity contribution in [2.24, 2.45) is 0 Å². The molecule has 0 saturated carbocycles. The second-order valence-electron chi connectivity index (χ2n) is 6.50. The van der Waals surface area contributed by atoms with Crippen LogP contribution >= 0.6 is 38.9 Å². The normalized spacial score (nSPS) is 13.1. The van der Waals surface area contributed by atoms with E-state index in [1.54, 1.807) is 48.5 Å². The Hall–Kier alpha value is -2.28. The molecule has 0 fully saturated rings. The number of thiophene rings is 1. The molecule has 7 heteroatoms. The Morgan fingerprint density at radius 3 is 2.14 bits per heavy atom. The van der Waals surface area contributed by atoms with Crippen molar-refractivity contribution in [1.82, 2.24) is 0 Å². The Balaban J connectivity index is 1.90. The number of rotatable bonds is 5. The van der Waals surface area contributed by atoms with Gasteiger partial charge in [0.15, 0.2) is 5.78 Å². The molecule has 1 aromatic heterocycles. The minimum atomic E-state index is -0.402. The number of hydrogen-bond donors (Lipinski definition) is 0. The molecule has 0 atom stereocenters. The van der Waals surface area contributed by atoms with Crippen molar-refractivity contribution >= 4 is 61.5 Å². The molecule has 146 valence electrons. The summed E-state index contributed by atoms with van der Waals surface area (Å²) in [5, 5.41) is 1.36. The Labute approximate surface area is 185 Å². The van der Waals surface area contributed by atoms with Gasteiger partial charge in [0.05, 0.1) is 16.7 Å². The summed E-state index contributed by atoms with van der Waals surface area (Å²) >= 11 is 10.8. The average Bonchev–Trinajstić information content (AvgIpc) is 3.23. The quantitative estimate of drug-likeness (QED) is 0.256. The Bertz CT molecular complexity index is 1120. The molecule has 0 aliphatic carbocycles. The number of benzene rings is 2. The zero-order valence-electron chi connectivity index (χ0n) is 15.4. The molecular formula is C22H15BrClNO3S.